The first kappa shape index (κ1) is 17.6. The van der Waals surface area contributed by atoms with Crippen LogP contribution in [0.4, 0.5) is 4.39 Å². The van der Waals surface area contributed by atoms with E-state index in [0.717, 1.165) is 31.2 Å². The molecule has 1 aliphatic heterocycles. The van der Waals surface area contributed by atoms with E-state index >= 15 is 0 Å². The molecule has 1 aliphatic carbocycles. The minimum absolute atomic E-state index is 0.0223. The van der Waals surface area contributed by atoms with E-state index in [-0.39, 0.29) is 29.6 Å². The fourth-order valence-corrected chi connectivity index (χ4v) is 3.68. The van der Waals surface area contributed by atoms with Gasteiger partial charge in [-0.15, -0.1) is 0 Å². The van der Waals surface area contributed by atoms with Crippen LogP contribution in [0.3, 0.4) is 0 Å². The van der Waals surface area contributed by atoms with E-state index in [9.17, 15) is 14.0 Å². The molecule has 0 saturated carbocycles. The number of allylic oxidation sites excluding steroid dienone is 2. The summed E-state index contributed by atoms with van der Waals surface area (Å²) in [5.41, 5.74) is 0.847. The molecule has 1 aromatic carbocycles. The molecular weight excluding hydrogens is 319 g/mol. The molecule has 2 aliphatic rings. The number of nitrogens with one attached hydrogen (secondary N) is 1. The molecular formula is C20H25FN2O2. The number of carbonyl (C=O) groups excluding carboxylic acids is 2. The molecule has 4 nitrogen and oxygen atoms in total. The first-order valence-corrected chi connectivity index (χ1v) is 9.10. The van der Waals surface area contributed by atoms with Crippen molar-refractivity contribution in [3.8, 4) is 0 Å². The van der Waals surface area contributed by atoms with Crippen molar-refractivity contribution in [1.82, 2.24) is 10.2 Å². The Morgan fingerprint density at radius 2 is 2.24 bits per heavy atom. The van der Waals surface area contributed by atoms with Crippen molar-refractivity contribution in [1.29, 1.82) is 0 Å². The molecule has 25 heavy (non-hydrogen) atoms. The summed E-state index contributed by atoms with van der Waals surface area (Å²) in [6, 6.07) is 6.34. The molecule has 3 rings (SSSR count). The zero-order valence-electron chi connectivity index (χ0n) is 14.4. The van der Waals surface area contributed by atoms with Crippen molar-refractivity contribution in [3.63, 3.8) is 0 Å². The summed E-state index contributed by atoms with van der Waals surface area (Å²) in [7, 11) is 0. The Morgan fingerprint density at radius 1 is 1.36 bits per heavy atom. The molecule has 5 heteroatoms. The SMILES string of the molecule is O=C(NCC(Cc1cccc(F)c1)N1CCCC1=O)C1CC=CCC1. The highest BCUT2D eigenvalue weighted by molar-refractivity contribution is 5.80. The van der Waals surface area contributed by atoms with Crippen LogP contribution in [0.2, 0.25) is 0 Å². The summed E-state index contributed by atoms with van der Waals surface area (Å²) in [4.78, 5) is 26.4. The van der Waals surface area contributed by atoms with E-state index in [2.05, 4.69) is 17.5 Å². The molecule has 1 N–H and O–H groups in total. The van der Waals surface area contributed by atoms with Crippen LogP contribution in [-0.4, -0.2) is 35.8 Å². The van der Waals surface area contributed by atoms with E-state index in [1.54, 1.807) is 6.07 Å². The largest absolute Gasteiger partial charge is 0.354 e. The average molecular weight is 344 g/mol. The van der Waals surface area contributed by atoms with Gasteiger partial charge in [-0.2, -0.15) is 0 Å². The molecule has 134 valence electrons. The summed E-state index contributed by atoms with van der Waals surface area (Å²) >= 11 is 0. The average Bonchev–Trinajstić information content (AvgIpc) is 3.05. The third-order valence-corrected chi connectivity index (χ3v) is 5.06. The van der Waals surface area contributed by atoms with Crippen LogP contribution in [-0.2, 0) is 16.0 Å². The standard InChI is InChI=1S/C20H25FN2O2/c21-17-9-4-6-15(12-17)13-18(23-11-5-10-19(23)24)14-22-20(25)16-7-2-1-3-8-16/h1-2,4,6,9,12,16,18H,3,5,7-8,10-11,13-14H2,(H,22,25). The first-order chi connectivity index (χ1) is 12.1. The fraction of sp³-hybridized carbons (Fsp3) is 0.500. The molecule has 1 aromatic rings. The van der Waals surface area contributed by atoms with Crippen LogP contribution in [0.25, 0.3) is 0 Å². The van der Waals surface area contributed by atoms with Crippen LogP contribution >= 0.6 is 0 Å². The number of halogens is 1. The Hall–Kier alpha value is -2.17. The van der Waals surface area contributed by atoms with Gasteiger partial charge < -0.3 is 10.2 Å². The lowest BCUT2D eigenvalue weighted by Crippen LogP contribution is -2.47. The van der Waals surface area contributed by atoms with Gasteiger partial charge in [0.2, 0.25) is 11.8 Å². The van der Waals surface area contributed by atoms with E-state index in [0.29, 0.717) is 25.9 Å². The van der Waals surface area contributed by atoms with E-state index in [1.807, 2.05) is 11.0 Å². The van der Waals surface area contributed by atoms with Gasteiger partial charge in [-0.25, -0.2) is 4.39 Å². The molecule has 0 radical (unpaired) electrons. The van der Waals surface area contributed by atoms with E-state index in [4.69, 9.17) is 0 Å². The predicted molar refractivity (Wildman–Crippen MR) is 94.3 cm³/mol. The zero-order valence-corrected chi connectivity index (χ0v) is 14.4. The van der Waals surface area contributed by atoms with Crippen LogP contribution in [0.15, 0.2) is 36.4 Å². The van der Waals surface area contributed by atoms with Gasteiger partial charge in [0.15, 0.2) is 0 Å². The van der Waals surface area contributed by atoms with Crippen molar-refractivity contribution in [2.24, 2.45) is 5.92 Å². The zero-order chi connectivity index (χ0) is 17.6. The maximum atomic E-state index is 13.5. The quantitative estimate of drug-likeness (QED) is 0.807. The smallest absolute Gasteiger partial charge is 0.223 e. The van der Waals surface area contributed by atoms with Gasteiger partial charge in [-0.3, -0.25) is 9.59 Å². The Kier molecular flexibility index (Phi) is 5.84. The minimum Gasteiger partial charge on any atom is -0.354 e. The molecule has 1 fully saturated rings. The van der Waals surface area contributed by atoms with Gasteiger partial charge in [0, 0.05) is 25.4 Å². The van der Waals surface area contributed by atoms with Crippen molar-refractivity contribution >= 4 is 11.8 Å². The van der Waals surface area contributed by atoms with Crippen LogP contribution in [0.5, 0.6) is 0 Å². The normalized spacial score (nSPS) is 21.4. The van der Waals surface area contributed by atoms with Crippen molar-refractivity contribution in [2.75, 3.05) is 13.1 Å². The second kappa shape index (κ2) is 8.28. The number of hydrogen-bond donors (Lipinski definition) is 1. The monoisotopic (exact) mass is 344 g/mol. The Morgan fingerprint density at radius 3 is 2.92 bits per heavy atom. The van der Waals surface area contributed by atoms with Gasteiger partial charge in [0.1, 0.15) is 5.82 Å². The van der Waals surface area contributed by atoms with Crippen molar-refractivity contribution in [2.45, 2.75) is 44.6 Å². The summed E-state index contributed by atoms with van der Waals surface area (Å²) in [5.74, 6) is -0.0763. The van der Waals surface area contributed by atoms with Gasteiger partial charge in [-0.05, 0) is 49.8 Å². The van der Waals surface area contributed by atoms with E-state index in [1.165, 1.54) is 12.1 Å². The molecule has 0 spiro atoms. The molecule has 0 bridgehead atoms. The minimum atomic E-state index is -0.276. The fourth-order valence-electron chi connectivity index (χ4n) is 3.68. The van der Waals surface area contributed by atoms with Gasteiger partial charge in [0.25, 0.3) is 0 Å². The highest BCUT2D eigenvalue weighted by Crippen LogP contribution is 2.20. The second-order valence-corrected chi connectivity index (χ2v) is 6.91. The summed E-state index contributed by atoms with van der Waals surface area (Å²) in [6.07, 6.45) is 8.72. The third-order valence-electron chi connectivity index (χ3n) is 5.06. The highest BCUT2D eigenvalue weighted by atomic mass is 19.1. The maximum Gasteiger partial charge on any atom is 0.223 e. The summed E-state index contributed by atoms with van der Waals surface area (Å²) in [6.45, 7) is 1.13. The molecule has 2 atom stereocenters. The molecule has 1 saturated heterocycles. The lowest BCUT2D eigenvalue weighted by atomic mass is 9.93. The number of carbonyl (C=O) groups is 2. The maximum absolute atomic E-state index is 13.5. The second-order valence-electron chi connectivity index (χ2n) is 6.91. The van der Waals surface area contributed by atoms with Gasteiger partial charge >= 0.3 is 0 Å². The lowest BCUT2D eigenvalue weighted by Gasteiger charge is -2.29. The number of likely N-dealkylation sites (tertiary alicyclic amines) is 1. The first-order valence-electron chi connectivity index (χ1n) is 9.10. The Labute approximate surface area is 148 Å². The van der Waals surface area contributed by atoms with Gasteiger partial charge in [0.05, 0.1) is 6.04 Å². The molecule has 2 amide bonds. The van der Waals surface area contributed by atoms with Crippen LogP contribution < -0.4 is 5.32 Å². The molecule has 0 aromatic heterocycles. The number of benzene rings is 1. The third kappa shape index (κ3) is 4.68. The van der Waals surface area contributed by atoms with Crippen molar-refractivity contribution in [3.05, 3.63) is 47.8 Å². The number of rotatable bonds is 6. The predicted octanol–water partition coefficient (Wildman–Crippen LogP) is 2.83. The molecule has 1 heterocycles. The number of amides is 2. The number of hydrogen-bond acceptors (Lipinski definition) is 2. The lowest BCUT2D eigenvalue weighted by molar-refractivity contribution is -0.131. The summed E-state index contributed by atoms with van der Waals surface area (Å²) in [5, 5.41) is 3.02. The van der Waals surface area contributed by atoms with Gasteiger partial charge in [-0.1, -0.05) is 24.3 Å². The Bertz CT molecular complexity index is 659. The topological polar surface area (TPSA) is 49.4 Å². The molecule has 2 unspecified atom stereocenters. The van der Waals surface area contributed by atoms with Crippen LogP contribution in [0.1, 0.15) is 37.7 Å². The van der Waals surface area contributed by atoms with Crippen LogP contribution in [0, 0.1) is 11.7 Å². The Balaban J connectivity index is 1.64. The van der Waals surface area contributed by atoms with E-state index < -0.39 is 0 Å². The van der Waals surface area contributed by atoms with Crippen molar-refractivity contribution < 1.29 is 14.0 Å². The summed E-state index contributed by atoms with van der Waals surface area (Å²) < 4.78 is 13.5. The number of nitrogens with zero attached hydrogens (tertiary/aromatic N) is 1. The highest BCUT2D eigenvalue weighted by Gasteiger charge is 2.29.